The summed E-state index contributed by atoms with van der Waals surface area (Å²) in [5, 5.41) is 9.13. The van der Waals surface area contributed by atoms with Crippen LogP contribution in [0.15, 0.2) is 51.4 Å². The van der Waals surface area contributed by atoms with Gasteiger partial charge in [-0.15, -0.1) is 0 Å². The van der Waals surface area contributed by atoms with Crippen LogP contribution in [-0.2, 0) is 0 Å². The van der Waals surface area contributed by atoms with Crippen LogP contribution in [0.3, 0.4) is 0 Å². The molecular formula is C14H13BrO2. The van der Waals surface area contributed by atoms with E-state index in [-0.39, 0.29) is 0 Å². The second-order valence-electron chi connectivity index (χ2n) is 3.81. The number of aliphatic hydroxyl groups excluding tert-OH is 1. The van der Waals surface area contributed by atoms with Crippen molar-refractivity contribution in [3.8, 4) is 11.3 Å². The molecule has 88 valence electrons. The number of aliphatic hydroxyl groups is 1. The molecule has 0 radical (unpaired) electrons. The standard InChI is InChI=1S/C14H13BrO2/c1-10(16)2-7-13-8-9-14(17-13)11-3-5-12(15)6-4-11/h2-10,16H,1H3/b7-2+. The highest BCUT2D eigenvalue weighted by atomic mass is 79.9. The Labute approximate surface area is 109 Å². The Morgan fingerprint density at radius 3 is 2.53 bits per heavy atom. The van der Waals surface area contributed by atoms with Gasteiger partial charge in [0.05, 0.1) is 6.10 Å². The highest BCUT2D eigenvalue weighted by Crippen LogP contribution is 2.24. The zero-order valence-electron chi connectivity index (χ0n) is 9.43. The zero-order valence-corrected chi connectivity index (χ0v) is 11.0. The van der Waals surface area contributed by atoms with Crippen molar-refractivity contribution in [2.45, 2.75) is 13.0 Å². The van der Waals surface area contributed by atoms with Gasteiger partial charge in [-0.25, -0.2) is 0 Å². The summed E-state index contributed by atoms with van der Waals surface area (Å²) >= 11 is 3.39. The molecular weight excluding hydrogens is 280 g/mol. The Balaban J connectivity index is 2.21. The van der Waals surface area contributed by atoms with Gasteiger partial charge in [0.25, 0.3) is 0 Å². The molecule has 0 spiro atoms. The van der Waals surface area contributed by atoms with Crippen molar-refractivity contribution in [2.24, 2.45) is 0 Å². The molecule has 2 aromatic rings. The highest BCUT2D eigenvalue weighted by Gasteiger charge is 2.02. The Kier molecular flexibility index (Phi) is 3.82. The van der Waals surface area contributed by atoms with E-state index in [2.05, 4.69) is 15.9 Å². The molecule has 0 aliphatic carbocycles. The molecule has 17 heavy (non-hydrogen) atoms. The third-order valence-electron chi connectivity index (χ3n) is 2.29. The van der Waals surface area contributed by atoms with Crippen LogP contribution in [0.5, 0.6) is 0 Å². The highest BCUT2D eigenvalue weighted by molar-refractivity contribution is 9.10. The van der Waals surface area contributed by atoms with E-state index in [4.69, 9.17) is 9.52 Å². The molecule has 1 aromatic heterocycles. The van der Waals surface area contributed by atoms with Crippen LogP contribution >= 0.6 is 15.9 Å². The van der Waals surface area contributed by atoms with Crippen molar-refractivity contribution in [3.63, 3.8) is 0 Å². The topological polar surface area (TPSA) is 33.4 Å². The van der Waals surface area contributed by atoms with Crippen LogP contribution in [0.4, 0.5) is 0 Å². The number of furan rings is 1. The molecule has 1 atom stereocenters. The summed E-state index contributed by atoms with van der Waals surface area (Å²) in [6.45, 7) is 1.70. The van der Waals surface area contributed by atoms with Crippen LogP contribution in [0, 0.1) is 0 Å². The minimum absolute atomic E-state index is 0.462. The van der Waals surface area contributed by atoms with E-state index < -0.39 is 6.10 Å². The SMILES string of the molecule is CC(O)/C=C/c1ccc(-c2ccc(Br)cc2)o1. The van der Waals surface area contributed by atoms with Crippen molar-refractivity contribution >= 4 is 22.0 Å². The molecule has 1 unspecified atom stereocenters. The van der Waals surface area contributed by atoms with Crippen molar-refractivity contribution in [3.05, 3.63) is 52.7 Å². The quantitative estimate of drug-likeness (QED) is 0.924. The van der Waals surface area contributed by atoms with E-state index in [9.17, 15) is 0 Å². The molecule has 0 fully saturated rings. The average molecular weight is 293 g/mol. The number of halogens is 1. The normalized spacial score (nSPS) is 13.1. The molecule has 3 heteroatoms. The predicted octanol–water partition coefficient (Wildman–Crippen LogP) is 4.10. The lowest BCUT2D eigenvalue weighted by Crippen LogP contribution is -1.90. The summed E-state index contributed by atoms with van der Waals surface area (Å²) in [6.07, 6.45) is 2.99. The first-order valence-electron chi connectivity index (χ1n) is 5.37. The summed E-state index contributed by atoms with van der Waals surface area (Å²) in [4.78, 5) is 0. The number of rotatable bonds is 3. The summed E-state index contributed by atoms with van der Waals surface area (Å²) in [5.41, 5.74) is 1.03. The summed E-state index contributed by atoms with van der Waals surface area (Å²) in [5.74, 6) is 1.56. The first-order chi connectivity index (χ1) is 8.15. The molecule has 1 N–H and O–H groups in total. The third-order valence-corrected chi connectivity index (χ3v) is 2.82. The smallest absolute Gasteiger partial charge is 0.134 e. The molecule has 1 heterocycles. The monoisotopic (exact) mass is 292 g/mol. The van der Waals surface area contributed by atoms with Gasteiger partial charge >= 0.3 is 0 Å². The second-order valence-corrected chi connectivity index (χ2v) is 4.72. The van der Waals surface area contributed by atoms with Gasteiger partial charge in [0, 0.05) is 10.0 Å². The van der Waals surface area contributed by atoms with E-state index >= 15 is 0 Å². The van der Waals surface area contributed by atoms with Crippen LogP contribution in [-0.4, -0.2) is 11.2 Å². The fourth-order valence-electron chi connectivity index (χ4n) is 1.45. The average Bonchev–Trinajstić information content (AvgIpc) is 2.76. The van der Waals surface area contributed by atoms with Gasteiger partial charge in [0.1, 0.15) is 11.5 Å². The van der Waals surface area contributed by atoms with E-state index in [0.717, 1.165) is 21.6 Å². The largest absolute Gasteiger partial charge is 0.457 e. The summed E-state index contributed by atoms with van der Waals surface area (Å²) < 4.78 is 6.69. The van der Waals surface area contributed by atoms with E-state index in [1.807, 2.05) is 36.4 Å². The van der Waals surface area contributed by atoms with E-state index in [0.29, 0.717) is 0 Å². The Hall–Kier alpha value is -1.32. The maximum Gasteiger partial charge on any atom is 0.134 e. The molecule has 0 bridgehead atoms. The van der Waals surface area contributed by atoms with Crippen LogP contribution < -0.4 is 0 Å². The summed E-state index contributed by atoms with van der Waals surface area (Å²) in [6, 6.07) is 11.7. The molecule has 0 saturated carbocycles. The lowest BCUT2D eigenvalue weighted by molar-refractivity contribution is 0.245. The minimum atomic E-state index is -0.462. The van der Waals surface area contributed by atoms with Crippen LogP contribution in [0.25, 0.3) is 17.4 Å². The molecule has 0 amide bonds. The van der Waals surface area contributed by atoms with Crippen LogP contribution in [0.2, 0.25) is 0 Å². The Bertz CT molecular complexity index is 509. The lowest BCUT2D eigenvalue weighted by Gasteiger charge is -1.96. The Morgan fingerprint density at radius 1 is 1.18 bits per heavy atom. The maximum atomic E-state index is 9.13. The fourth-order valence-corrected chi connectivity index (χ4v) is 1.71. The van der Waals surface area contributed by atoms with Crippen molar-refractivity contribution in [2.75, 3.05) is 0 Å². The van der Waals surface area contributed by atoms with Gasteiger partial charge in [0.2, 0.25) is 0 Å². The van der Waals surface area contributed by atoms with Crippen molar-refractivity contribution in [1.29, 1.82) is 0 Å². The van der Waals surface area contributed by atoms with Gasteiger partial charge in [0.15, 0.2) is 0 Å². The molecule has 0 aliphatic heterocycles. The molecule has 2 rings (SSSR count). The van der Waals surface area contributed by atoms with Crippen molar-refractivity contribution < 1.29 is 9.52 Å². The molecule has 0 aliphatic rings. The second kappa shape index (κ2) is 5.34. The summed E-state index contributed by atoms with van der Waals surface area (Å²) in [7, 11) is 0. The van der Waals surface area contributed by atoms with Gasteiger partial charge in [-0.3, -0.25) is 0 Å². The predicted molar refractivity (Wildman–Crippen MR) is 72.6 cm³/mol. The number of benzene rings is 1. The fraction of sp³-hybridized carbons (Fsp3) is 0.143. The van der Waals surface area contributed by atoms with Gasteiger partial charge in [-0.05, 0) is 37.3 Å². The van der Waals surface area contributed by atoms with E-state index in [1.165, 1.54) is 0 Å². The lowest BCUT2D eigenvalue weighted by atomic mass is 10.2. The molecule has 1 aromatic carbocycles. The van der Waals surface area contributed by atoms with Gasteiger partial charge in [-0.2, -0.15) is 0 Å². The van der Waals surface area contributed by atoms with Gasteiger partial charge < -0.3 is 9.52 Å². The first kappa shape index (κ1) is 12.1. The molecule has 2 nitrogen and oxygen atoms in total. The van der Waals surface area contributed by atoms with Crippen LogP contribution in [0.1, 0.15) is 12.7 Å². The molecule has 0 saturated heterocycles. The van der Waals surface area contributed by atoms with Gasteiger partial charge in [-0.1, -0.05) is 34.1 Å². The number of hydrogen-bond donors (Lipinski definition) is 1. The maximum absolute atomic E-state index is 9.13. The van der Waals surface area contributed by atoms with E-state index in [1.54, 1.807) is 19.1 Å². The first-order valence-corrected chi connectivity index (χ1v) is 6.16. The zero-order chi connectivity index (χ0) is 12.3. The Morgan fingerprint density at radius 2 is 1.88 bits per heavy atom. The number of hydrogen-bond acceptors (Lipinski definition) is 2. The van der Waals surface area contributed by atoms with Crippen molar-refractivity contribution in [1.82, 2.24) is 0 Å². The third kappa shape index (κ3) is 3.32. The minimum Gasteiger partial charge on any atom is -0.457 e.